The Bertz CT molecular complexity index is 413. The molecule has 1 aromatic rings. The van der Waals surface area contributed by atoms with Crippen molar-refractivity contribution in [3.63, 3.8) is 0 Å². The third kappa shape index (κ3) is 3.32. The fourth-order valence-electron chi connectivity index (χ4n) is 3.13. The van der Waals surface area contributed by atoms with E-state index in [0.717, 1.165) is 12.6 Å². The molecule has 0 radical (unpaired) electrons. The van der Waals surface area contributed by atoms with Crippen molar-refractivity contribution >= 4 is 21.6 Å². The van der Waals surface area contributed by atoms with Crippen molar-refractivity contribution in [1.29, 1.82) is 0 Å². The number of anilines is 1. The van der Waals surface area contributed by atoms with Crippen LogP contribution in [0.1, 0.15) is 51.1 Å². The first-order valence-electron chi connectivity index (χ1n) is 7.40. The summed E-state index contributed by atoms with van der Waals surface area (Å²) in [6.07, 6.45) is 5.44. The van der Waals surface area contributed by atoms with E-state index in [-0.39, 0.29) is 0 Å². The molecule has 0 saturated heterocycles. The number of hydrogen-bond acceptors (Lipinski definition) is 2. The normalized spacial score (nSPS) is 17.7. The van der Waals surface area contributed by atoms with Gasteiger partial charge in [-0.3, -0.25) is 0 Å². The lowest BCUT2D eigenvalue weighted by Crippen LogP contribution is -2.34. The molecule has 2 rings (SSSR count). The monoisotopic (exact) mass is 324 g/mol. The molecule has 0 bridgehead atoms. The zero-order valence-electron chi connectivity index (χ0n) is 12.2. The molecule has 3 heteroatoms. The van der Waals surface area contributed by atoms with Crippen LogP contribution in [0, 0.1) is 0 Å². The minimum Gasteiger partial charge on any atom is -0.369 e. The van der Waals surface area contributed by atoms with Crippen molar-refractivity contribution in [2.45, 2.75) is 51.6 Å². The lowest BCUT2D eigenvalue weighted by atomic mass is 10.0. The van der Waals surface area contributed by atoms with Crippen LogP contribution in [0.3, 0.4) is 0 Å². The van der Waals surface area contributed by atoms with Crippen molar-refractivity contribution in [1.82, 2.24) is 5.32 Å². The number of nitrogens with one attached hydrogen (secondary N) is 1. The summed E-state index contributed by atoms with van der Waals surface area (Å²) in [6.45, 7) is 5.59. The van der Waals surface area contributed by atoms with E-state index in [1.807, 2.05) is 7.05 Å². The van der Waals surface area contributed by atoms with Gasteiger partial charge in [-0.05, 0) is 51.4 Å². The quantitative estimate of drug-likeness (QED) is 0.857. The molecule has 1 fully saturated rings. The smallest absolute Gasteiger partial charge is 0.0428 e. The maximum absolute atomic E-state index is 3.63. The summed E-state index contributed by atoms with van der Waals surface area (Å²) in [5.74, 6) is 0. The lowest BCUT2D eigenvalue weighted by molar-refractivity contribution is 0.602. The van der Waals surface area contributed by atoms with Crippen LogP contribution >= 0.6 is 15.9 Å². The number of nitrogens with zero attached hydrogens (tertiary/aromatic N) is 1. The average molecular weight is 325 g/mol. The van der Waals surface area contributed by atoms with E-state index in [1.165, 1.54) is 41.4 Å². The molecule has 1 aliphatic carbocycles. The van der Waals surface area contributed by atoms with E-state index in [2.05, 4.69) is 58.2 Å². The first kappa shape index (κ1) is 14.9. The third-order valence-corrected chi connectivity index (χ3v) is 4.80. The first-order valence-corrected chi connectivity index (χ1v) is 8.20. The summed E-state index contributed by atoms with van der Waals surface area (Å²) in [6, 6.07) is 7.79. The summed E-state index contributed by atoms with van der Waals surface area (Å²) in [5.41, 5.74) is 2.80. The van der Waals surface area contributed by atoms with E-state index in [4.69, 9.17) is 0 Å². The molecule has 0 heterocycles. The highest BCUT2D eigenvalue weighted by molar-refractivity contribution is 9.10. The van der Waals surface area contributed by atoms with E-state index >= 15 is 0 Å². The predicted octanol–water partition coefficient (Wildman–Crippen LogP) is 4.50. The molecule has 2 nitrogen and oxygen atoms in total. The lowest BCUT2D eigenvalue weighted by Gasteiger charge is -2.33. The van der Waals surface area contributed by atoms with E-state index in [9.17, 15) is 0 Å². The zero-order chi connectivity index (χ0) is 13.8. The summed E-state index contributed by atoms with van der Waals surface area (Å²) < 4.78 is 1.17. The fourth-order valence-corrected chi connectivity index (χ4v) is 3.48. The molecule has 19 heavy (non-hydrogen) atoms. The molecule has 1 aromatic carbocycles. The predicted molar refractivity (Wildman–Crippen MR) is 86.9 cm³/mol. The summed E-state index contributed by atoms with van der Waals surface area (Å²) in [5, 5.41) is 3.37. The second-order valence-corrected chi connectivity index (χ2v) is 6.35. The summed E-state index contributed by atoms with van der Waals surface area (Å²) in [7, 11) is 2.03. The van der Waals surface area contributed by atoms with Crippen molar-refractivity contribution in [2.24, 2.45) is 0 Å². The Hall–Kier alpha value is -0.540. The molecule has 1 aliphatic rings. The van der Waals surface area contributed by atoms with Gasteiger partial charge in [0.15, 0.2) is 0 Å². The number of hydrogen-bond donors (Lipinski definition) is 1. The van der Waals surface area contributed by atoms with Crippen LogP contribution in [0.25, 0.3) is 0 Å². The first-order chi connectivity index (χ1) is 9.17. The van der Waals surface area contributed by atoms with Crippen LogP contribution in [-0.2, 0) is 0 Å². The van der Waals surface area contributed by atoms with E-state index < -0.39 is 0 Å². The molecule has 1 saturated carbocycles. The van der Waals surface area contributed by atoms with Crippen LogP contribution < -0.4 is 10.2 Å². The zero-order valence-corrected chi connectivity index (χ0v) is 13.8. The summed E-state index contributed by atoms with van der Waals surface area (Å²) >= 11 is 3.63. The topological polar surface area (TPSA) is 15.3 Å². The van der Waals surface area contributed by atoms with Gasteiger partial charge in [-0.15, -0.1) is 0 Å². The number of rotatable bonds is 5. The average Bonchev–Trinajstić information content (AvgIpc) is 2.93. The van der Waals surface area contributed by atoms with Gasteiger partial charge in [-0.25, -0.2) is 0 Å². The largest absolute Gasteiger partial charge is 0.369 e. The van der Waals surface area contributed by atoms with Gasteiger partial charge in [0.1, 0.15) is 0 Å². The Labute approximate surface area is 125 Å². The number of halogens is 1. The van der Waals surface area contributed by atoms with Crippen LogP contribution in [0.15, 0.2) is 22.7 Å². The second-order valence-electron chi connectivity index (χ2n) is 5.44. The van der Waals surface area contributed by atoms with E-state index in [1.54, 1.807) is 0 Å². The van der Waals surface area contributed by atoms with Gasteiger partial charge in [0.2, 0.25) is 0 Å². The minimum atomic E-state index is 0.388. The van der Waals surface area contributed by atoms with Gasteiger partial charge < -0.3 is 10.2 Å². The Balaban J connectivity index is 2.36. The second kappa shape index (κ2) is 6.76. The van der Waals surface area contributed by atoms with Gasteiger partial charge in [-0.2, -0.15) is 0 Å². The van der Waals surface area contributed by atoms with Gasteiger partial charge in [-0.1, -0.05) is 34.8 Å². The van der Waals surface area contributed by atoms with Crippen molar-refractivity contribution in [2.75, 3.05) is 18.5 Å². The van der Waals surface area contributed by atoms with Crippen molar-refractivity contribution in [3.8, 4) is 0 Å². The van der Waals surface area contributed by atoms with E-state index in [0.29, 0.717) is 6.04 Å². The van der Waals surface area contributed by atoms with Crippen molar-refractivity contribution in [3.05, 3.63) is 28.2 Å². The van der Waals surface area contributed by atoms with Gasteiger partial charge >= 0.3 is 0 Å². The minimum absolute atomic E-state index is 0.388. The SMILES string of the molecule is CCN(c1cc(Br)ccc1C(C)NC)C1CCCC1. The molecule has 1 atom stereocenters. The van der Waals surface area contributed by atoms with Gasteiger partial charge in [0.25, 0.3) is 0 Å². The third-order valence-electron chi connectivity index (χ3n) is 4.31. The van der Waals surface area contributed by atoms with Crippen LogP contribution in [-0.4, -0.2) is 19.6 Å². The standard InChI is InChI=1S/C16H25BrN2/c1-4-19(14-7-5-6-8-14)16-11-13(17)9-10-15(16)12(2)18-3/h9-12,14,18H,4-8H2,1-3H3. The Morgan fingerprint density at radius 3 is 2.63 bits per heavy atom. The Kier molecular flexibility index (Phi) is 5.28. The Morgan fingerprint density at radius 1 is 1.37 bits per heavy atom. The highest BCUT2D eigenvalue weighted by atomic mass is 79.9. The highest BCUT2D eigenvalue weighted by Gasteiger charge is 2.24. The molecular formula is C16H25BrN2. The fraction of sp³-hybridized carbons (Fsp3) is 0.625. The van der Waals surface area contributed by atoms with Gasteiger partial charge in [0, 0.05) is 28.8 Å². The molecule has 0 aromatic heterocycles. The molecule has 0 aliphatic heterocycles. The molecule has 0 amide bonds. The summed E-state index contributed by atoms with van der Waals surface area (Å²) in [4.78, 5) is 2.60. The van der Waals surface area contributed by atoms with Crippen LogP contribution in [0.4, 0.5) is 5.69 Å². The molecular weight excluding hydrogens is 300 g/mol. The van der Waals surface area contributed by atoms with Crippen molar-refractivity contribution < 1.29 is 0 Å². The maximum atomic E-state index is 3.63. The molecule has 0 spiro atoms. The number of benzene rings is 1. The highest BCUT2D eigenvalue weighted by Crippen LogP contribution is 2.34. The Morgan fingerprint density at radius 2 is 2.05 bits per heavy atom. The maximum Gasteiger partial charge on any atom is 0.0428 e. The van der Waals surface area contributed by atoms with Gasteiger partial charge in [0.05, 0.1) is 0 Å². The van der Waals surface area contributed by atoms with Crippen LogP contribution in [0.2, 0.25) is 0 Å². The molecule has 1 unspecified atom stereocenters. The van der Waals surface area contributed by atoms with Crippen LogP contribution in [0.5, 0.6) is 0 Å². The molecule has 1 N–H and O–H groups in total. The molecule has 106 valence electrons.